The van der Waals surface area contributed by atoms with Crippen LogP contribution in [-0.2, 0) is 6.54 Å². The molecular formula is C13H14BrCl2N3. The highest BCUT2D eigenvalue weighted by Gasteiger charge is 2.11. The van der Waals surface area contributed by atoms with Crippen molar-refractivity contribution >= 4 is 50.8 Å². The highest BCUT2D eigenvalue weighted by Crippen LogP contribution is 2.36. The summed E-state index contributed by atoms with van der Waals surface area (Å²) in [5.41, 5.74) is 1.72. The molecule has 3 nitrogen and oxygen atoms in total. The molecule has 0 saturated heterocycles. The molecule has 2 aromatic rings. The molecule has 0 atom stereocenters. The van der Waals surface area contributed by atoms with E-state index in [9.17, 15) is 0 Å². The molecule has 0 unspecified atom stereocenters. The van der Waals surface area contributed by atoms with Gasteiger partial charge in [-0.2, -0.15) is 0 Å². The molecule has 19 heavy (non-hydrogen) atoms. The lowest BCUT2D eigenvalue weighted by atomic mass is 10.3. The van der Waals surface area contributed by atoms with Crippen molar-refractivity contribution in [1.82, 2.24) is 9.55 Å². The van der Waals surface area contributed by atoms with Gasteiger partial charge in [-0.15, -0.1) is 0 Å². The lowest BCUT2D eigenvalue weighted by Crippen LogP contribution is -2.03. The smallest absolute Gasteiger partial charge is 0.207 e. The summed E-state index contributed by atoms with van der Waals surface area (Å²) >= 11 is 15.7. The topological polar surface area (TPSA) is 29.9 Å². The molecule has 0 bridgehead atoms. The Morgan fingerprint density at radius 2 is 2.05 bits per heavy atom. The van der Waals surface area contributed by atoms with Gasteiger partial charge in [0.25, 0.3) is 0 Å². The van der Waals surface area contributed by atoms with Crippen LogP contribution in [0.3, 0.4) is 0 Å². The Morgan fingerprint density at radius 3 is 2.74 bits per heavy atom. The second-order valence-corrected chi connectivity index (χ2v) is 5.86. The monoisotopic (exact) mass is 361 g/mol. The zero-order chi connectivity index (χ0) is 14.0. The van der Waals surface area contributed by atoms with Gasteiger partial charge in [-0.05, 0) is 41.4 Å². The van der Waals surface area contributed by atoms with Crippen LogP contribution in [0.1, 0.15) is 19.0 Å². The van der Waals surface area contributed by atoms with E-state index in [0.29, 0.717) is 10.0 Å². The van der Waals surface area contributed by atoms with Crippen LogP contribution < -0.4 is 5.32 Å². The predicted octanol–water partition coefficient (Wildman–Crippen LogP) is 5.41. The summed E-state index contributed by atoms with van der Waals surface area (Å²) in [6, 6.07) is 3.73. The van der Waals surface area contributed by atoms with E-state index in [0.717, 1.165) is 34.8 Å². The van der Waals surface area contributed by atoms with Crippen molar-refractivity contribution in [3.63, 3.8) is 0 Å². The van der Waals surface area contributed by atoms with E-state index in [-0.39, 0.29) is 0 Å². The van der Waals surface area contributed by atoms with Gasteiger partial charge in [0, 0.05) is 17.2 Å². The Balaban J connectivity index is 2.33. The molecule has 2 rings (SSSR count). The second kappa shape index (κ2) is 6.16. The van der Waals surface area contributed by atoms with Crippen LogP contribution in [0, 0.1) is 6.92 Å². The van der Waals surface area contributed by atoms with Crippen LogP contribution >= 0.6 is 39.1 Å². The molecule has 0 radical (unpaired) electrons. The summed E-state index contributed by atoms with van der Waals surface area (Å²) in [7, 11) is 0. The summed E-state index contributed by atoms with van der Waals surface area (Å²) in [6.45, 7) is 5.00. The van der Waals surface area contributed by atoms with Crippen molar-refractivity contribution in [2.45, 2.75) is 26.8 Å². The minimum atomic E-state index is 0.486. The molecule has 1 aromatic heterocycles. The fraction of sp³-hybridized carbons (Fsp3) is 0.308. The minimum absolute atomic E-state index is 0.486. The average molecular weight is 363 g/mol. The van der Waals surface area contributed by atoms with Gasteiger partial charge in [0.15, 0.2) is 0 Å². The van der Waals surface area contributed by atoms with Gasteiger partial charge in [-0.25, -0.2) is 4.98 Å². The van der Waals surface area contributed by atoms with E-state index in [1.165, 1.54) is 0 Å². The number of aryl methyl sites for hydroxylation is 2. The van der Waals surface area contributed by atoms with E-state index in [4.69, 9.17) is 23.2 Å². The van der Waals surface area contributed by atoms with Gasteiger partial charge in [0.1, 0.15) is 0 Å². The second-order valence-electron chi connectivity index (χ2n) is 4.25. The summed E-state index contributed by atoms with van der Waals surface area (Å²) < 4.78 is 2.85. The molecule has 0 aliphatic carbocycles. The maximum atomic E-state index is 6.22. The molecule has 0 saturated carbocycles. The van der Waals surface area contributed by atoms with Crippen molar-refractivity contribution in [1.29, 1.82) is 0 Å². The number of halogens is 3. The summed E-state index contributed by atoms with van der Waals surface area (Å²) in [6.07, 6.45) is 3.06. The van der Waals surface area contributed by atoms with Crippen LogP contribution in [0.25, 0.3) is 0 Å². The first kappa shape index (κ1) is 14.7. The fourth-order valence-electron chi connectivity index (χ4n) is 1.80. The van der Waals surface area contributed by atoms with E-state index in [2.05, 4.69) is 37.7 Å². The van der Waals surface area contributed by atoms with Gasteiger partial charge in [-0.1, -0.05) is 30.1 Å². The maximum absolute atomic E-state index is 6.22. The maximum Gasteiger partial charge on any atom is 0.207 e. The van der Waals surface area contributed by atoms with Crippen LogP contribution in [0.4, 0.5) is 11.6 Å². The highest BCUT2D eigenvalue weighted by molar-refractivity contribution is 9.10. The number of benzene rings is 1. The Hall–Kier alpha value is -0.710. The number of nitrogens with one attached hydrogen (secondary N) is 1. The first-order valence-corrected chi connectivity index (χ1v) is 7.52. The van der Waals surface area contributed by atoms with Crippen molar-refractivity contribution in [2.75, 3.05) is 5.32 Å². The molecule has 0 spiro atoms. The van der Waals surface area contributed by atoms with Crippen molar-refractivity contribution in [3.05, 3.63) is 38.5 Å². The van der Waals surface area contributed by atoms with Crippen molar-refractivity contribution < 1.29 is 0 Å². The van der Waals surface area contributed by atoms with E-state index >= 15 is 0 Å². The zero-order valence-corrected chi connectivity index (χ0v) is 13.8. The summed E-state index contributed by atoms with van der Waals surface area (Å²) in [5, 5.41) is 4.21. The molecule has 1 heterocycles. The quantitative estimate of drug-likeness (QED) is 0.736. The third-order valence-electron chi connectivity index (χ3n) is 2.64. The highest BCUT2D eigenvalue weighted by atomic mass is 79.9. The van der Waals surface area contributed by atoms with Gasteiger partial charge in [0.05, 0.1) is 21.4 Å². The number of rotatable bonds is 4. The van der Waals surface area contributed by atoms with Crippen LogP contribution in [0.2, 0.25) is 10.0 Å². The minimum Gasteiger partial charge on any atom is -0.324 e. The van der Waals surface area contributed by atoms with Crippen LogP contribution in [-0.4, -0.2) is 9.55 Å². The number of nitrogens with zero attached hydrogens (tertiary/aromatic N) is 2. The van der Waals surface area contributed by atoms with Crippen LogP contribution in [0.15, 0.2) is 22.8 Å². The molecule has 0 amide bonds. The number of hydrogen-bond acceptors (Lipinski definition) is 2. The molecule has 0 aliphatic rings. The van der Waals surface area contributed by atoms with E-state index in [1.54, 1.807) is 0 Å². The number of imidazole rings is 1. The first-order chi connectivity index (χ1) is 9.02. The SMILES string of the molecule is CCCn1cc(C)nc1Nc1ccc(Br)c(Cl)c1Cl. The Kier molecular flexibility index (Phi) is 4.76. The normalized spacial score (nSPS) is 10.8. The number of anilines is 2. The Labute approximate surface area is 131 Å². The lowest BCUT2D eigenvalue weighted by Gasteiger charge is -2.11. The summed E-state index contributed by atoms with van der Waals surface area (Å²) in [5.74, 6) is 0.777. The number of aromatic nitrogens is 2. The molecule has 102 valence electrons. The molecule has 1 aromatic carbocycles. The Bertz CT molecular complexity index is 596. The average Bonchev–Trinajstić information content (AvgIpc) is 2.71. The predicted molar refractivity (Wildman–Crippen MR) is 84.7 cm³/mol. The zero-order valence-electron chi connectivity index (χ0n) is 10.7. The van der Waals surface area contributed by atoms with Gasteiger partial charge >= 0.3 is 0 Å². The standard InChI is InChI=1S/C13H14BrCl2N3/c1-3-6-19-7-8(2)17-13(19)18-10-5-4-9(14)11(15)12(10)16/h4-5,7H,3,6H2,1-2H3,(H,17,18). The van der Waals surface area contributed by atoms with E-state index in [1.807, 2.05) is 25.3 Å². The van der Waals surface area contributed by atoms with Crippen LogP contribution in [0.5, 0.6) is 0 Å². The largest absolute Gasteiger partial charge is 0.324 e. The van der Waals surface area contributed by atoms with Crippen molar-refractivity contribution in [2.24, 2.45) is 0 Å². The summed E-state index contributed by atoms with van der Waals surface area (Å²) in [4.78, 5) is 4.46. The lowest BCUT2D eigenvalue weighted by molar-refractivity contribution is 0.686. The number of hydrogen-bond donors (Lipinski definition) is 1. The van der Waals surface area contributed by atoms with E-state index < -0.39 is 0 Å². The molecule has 0 aliphatic heterocycles. The van der Waals surface area contributed by atoms with Gasteiger partial charge < -0.3 is 9.88 Å². The molecule has 0 fully saturated rings. The third-order valence-corrected chi connectivity index (χ3v) is 4.41. The first-order valence-electron chi connectivity index (χ1n) is 5.97. The Morgan fingerprint density at radius 1 is 1.32 bits per heavy atom. The molecule has 1 N–H and O–H groups in total. The molecular weight excluding hydrogens is 349 g/mol. The van der Waals surface area contributed by atoms with Crippen molar-refractivity contribution in [3.8, 4) is 0 Å². The molecule has 6 heteroatoms. The van der Waals surface area contributed by atoms with Gasteiger partial charge in [-0.3, -0.25) is 0 Å². The third kappa shape index (κ3) is 3.25. The van der Waals surface area contributed by atoms with Gasteiger partial charge in [0.2, 0.25) is 5.95 Å². The fourth-order valence-corrected chi connectivity index (χ4v) is 2.62.